The molecule has 0 spiro atoms. The zero-order valence-corrected chi connectivity index (χ0v) is 16.8. The number of amides is 1. The number of hydrogen-bond donors (Lipinski definition) is 4. The number of ether oxygens (including phenoxy) is 1. The molecule has 0 saturated carbocycles. The van der Waals surface area contributed by atoms with E-state index < -0.39 is 53.1 Å². The van der Waals surface area contributed by atoms with E-state index in [1.54, 1.807) is 15.5 Å². The molecule has 1 saturated heterocycles. The summed E-state index contributed by atoms with van der Waals surface area (Å²) in [4.78, 5) is 12.1. The number of aromatic nitrogens is 1. The largest absolute Gasteiger partial charge is 0.507 e. The van der Waals surface area contributed by atoms with E-state index in [4.69, 9.17) is 8.92 Å². The smallest absolute Gasteiger partial charge is 0.362 e. The molecule has 3 aromatic rings. The highest BCUT2D eigenvalue weighted by molar-refractivity contribution is 7.85. The van der Waals surface area contributed by atoms with Crippen LogP contribution in [0.3, 0.4) is 0 Å². The number of aliphatic hydroxyl groups excluding tert-OH is 2. The molecule has 2 heterocycles. The van der Waals surface area contributed by atoms with Crippen molar-refractivity contribution in [3.05, 3.63) is 66.4 Å². The average molecular weight is 448 g/mol. The number of carbonyl (C=O) groups is 1. The molecule has 31 heavy (non-hydrogen) atoms. The second-order valence-corrected chi connectivity index (χ2v) is 8.36. The molecule has 4 N–H and O–H groups in total. The maximum atomic E-state index is 12.1. The molecule has 164 valence electrons. The summed E-state index contributed by atoms with van der Waals surface area (Å²) in [5.74, 6) is -1.47. The number of nitrogens with one attached hydrogen (secondary N) is 1. The molecular weight excluding hydrogens is 428 g/mol. The van der Waals surface area contributed by atoms with Crippen LogP contribution in [0.15, 0.2) is 60.8 Å². The molecule has 0 radical (unpaired) electrons. The number of para-hydroxylation sites is 2. The molecule has 0 aliphatic carbocycles. The summed E-state index contributed by atoms with van der Waals surface area (Å²) in [5.41, 5.74) is 0.518. The molecule has 1 aromatic heterocycles. The van der Waals surface area contributed by atoms with Gasteiger partial charge in [0.2, 0.25) is 0 Å². The van der Waals surface area contributed by atoms with E-state index in [9.17, 15) is 28.5 Å². The van der Waals surface area contributed by atoms with E-state index >= 15 is 0 Å². The van der Waals surface area contributed by atoms with Crippen molar-refractivity contribution in [2.24, 2.45) is 0 Å². The summed E-state index contributed by atoms with van der Waals surface area (Å²) in [6.07, 6.45) is -3.18. The van der Waals surface area contributed by atoms with Crippen molar-refractivity contribution < 1.29 is 37.5 Å². The van der Waals surface area contributed by atoms with Crippen LogP contribution in [0.5, 0.6) is 5.75 Å². The number of aliphatic hydroxyl groups is 2. The molecule has 0 unspecified atom stereocenters. The van der Waals surface area contributed by atoms with Crippen LogP contribution in [-0.4, -0.2) is 59.1 Å². The van der Waals surface area contributed by atoms with Crippen LogP contribution in [0, 0.1) is 0 Å². The van der Waals surface area contributed by atoms with Gasteiger partial charge in [0, 0.05) is 6.20 Å². The summed E-state index contributed by atoms with van der Waals surface area (Å²) in [6.45, 7) is -0.642. The third-order valence-electron chi connectivity index (χ3n) is 4.99. The molecule has 1 aliphatic heterocycles. The third kappa shape index (κ3) is 4.27. The maximum absolute atomic E-state index is 12.1. The number of benzene rings is 2. The fraction of sp³-hybridized carbons (Fsp3) is 0.250. The molecule has 11 heteroatoms. The van der Waals surface area contributed by atoms with Gasteiger partial charge >= 0.3 is 10.3 Å². The minimum Gasteiger partial charge on any atom is -0.507 e. The van der Waals surface area contributed by atoms with Crippen molar-refractivity contribution in [3.8, 4) is 5.75 Å². The van der Waals surface area contributed by atoms with Crippen molar-refractivity contribution in [3.63, 3.8) is 0 Å². The number of rotatable bonds is 6. The zero-order valence-electron chi connectivity index (χ0n) is 16.0. The highest BCUT2D eigenvalue weighted by Gasteiger charge is 2.44. The van der Waals surface area contributed by atoms with Gasteiger partial charge in [0.05, 0.1) is 17.7 Å². The average Bonchev–Trinajstić information content (AvgIpc) is 3.28. The normalized spacial score (nSPS) is 23.8. The van der Waals surface area contributed by atoms with E-state index in [0.717, 1.165) is 10.9 Å². The Morgan fingerprint density at radius 3 is 2.55 bits per heavy atom. The topological polar surface area (TPSA) is 147 Å². The fourth-order valence-electron chi connectivity index (χ4n) is 3.44. The predicted molar refractivity (Wildman–Crippen MR) is 108 cm³/mol. The summed E-state index contributed by atoms with van der Waals surface area (Å²) in [6, 6.07) is 14.6. The Morgan fingerprint density at radius 2 is 1.77 bits per heavy atom. The molecule has 1 aliphatic rings. The quantitative estimate of drug-likeness (QED) is 0.430. The summed E-state index contributed by atoms with van der Waals surface area (Å²) in [5, 5.41) is 31.3. The Balaban J connectivity index is 1.42. The van der Waals surface area contributed by atoms with Gasteiger partial charge < -0.3 is 24.6 Å². The number of carbonyl (C=O) groups excluding carboxylic acids is 1. The van der Waals surface area contributed by atoms with Gasteiger partial charge in [-0.05, 0) is 29.7 Å². The van der Waals surface area contributed by atoms with Gasteiger partial charge in [-0.1, -0.05) is 30.3 Å². The van der Waals surface area contributed by atoms with Crippen LogP contribution in [0.25, 0.3) is 10.9 Å². The Labute approximate surface area is 177 Å². The summed E-state index contributed by atoms with van der Waals surface area (Å²) >= 11 is 0. The third-order valence-corrected chi connectivity index (χ3v) is 5.88. The van der Waals surface area contributed by atoms with Crippen molar-refractivity contribution in [2.75, 3.05) is 6.61 Å². The molecular formula is C20H20N2O8S. The van der Waals surface area contributed by atoms with Crippen LogP contribution >= 0.6 is 0 Å². The first kappa shape index (κ1) is 21.3. The molecule has 1 amide bonds. The van der Waals surface area contributed by atoms with Crippen LogP contribution < -0.4 is 4.72 Å². The molecule has 10 nitrogen and oxygen atoms in total. The SMILES string of the molecule is O=C(NS(=O)(=O)OC[C@H]1O[C@@H](n2ccc3ccccc32)[C@H](O)[C@@H]1O)c1ccccc1O. The standard InChI is InChI=1S/C20H20N2O8S/c23-15-8-4-2-6-13(15)19(26)21-31(27,28)29-11-16-17(24)18(25)20(30-16)22-10-9-12-5-1-3-7-14(12)22/h1-10,16-18,20,23-25H,11H2,(H,21,26)/t16-,17-,18-,20-/m1/s1. The predicted octanol–water partition coefficient (Wildman–Crippen LogP) is 0.657. The Kier molecular flexibility index (Phi) is 5.69. The maximum Gasteiger partial charge on any atom is 0.362 e. The molecule has 1 fully saturated rings. The fourth-order valence-corrected chi connectivity index (χ4v) is 4.15. The lowest BCUT2D eigenvalue weighted by atomic mass is 10.1. The molecule has 4 rings (SSSR count). The van der Waals surface area contributed by atoms with Crippen molar-refractivity contribution in [1.82, 2.24) is 9.29 Å². The van der Waals surface area contributed by atoms with Gasteiger partial charge in [0.25, 0.3) is 5.91 Å². The second-order valence-electron chi connectivity index (χ2n) is 7.02. The second kappa shape index (κ2) is 8.29. The van der Waals surface area contributed by atoms with Crippen molar-refractivity contribution >= 4 is 27.1 Å². The first-order chi connectivity index (χ1) is 14.8. The van der Waals surface area contributed by atoms with E-state index in [1.807, 2.05) is 30.3 Å². The van der Waals surface area contributed by atoms with E-state index in [0.29, 0.717) is 0 Å². The highest BCUT2D eigenvalue weighted by Crippen LogP contribution is 2.32. The Hall–Kier alpha value is -2.96. The van der Waals surface area contributed by atoms with Crippen LogP contribution in [-0.2, 0) is 19.2 Å². The number of fused-ring (bicyclic) bond motifs is 1. The van der Waals surface area contributed by atoms with Crippen LogP contribution in [0.4, 0.5) is 0 Å². The van der Waals surface area contributed by atoms with Gasteiger partial charge in [-0.15, -0.1) is 0 Å². The lowest BCUT2D eigenvalue weighted by Crippen LogP contribution is -2.37. The van der Waals surface area contributed by atoms with E-state index in [2.05, 4.69) is 0 Å². The van der Waals surface area contributed by atoms with Gasteiger partial charge in [-0.2, -0.15) is 8.42 Å². The van der Waals surface area contributed by atoms with E-state index in [-0.39, 0.29) is 5.56 Å². The van der Waals surface area contributed by atoms with Gasteiger partial charge in [0.1, 0.15) is 24.1 Å². The first-order valence-electron chi connectivity index (χ1n) is 9.33. The minimum absolute atomic E-state index is 0.248. The number of nitrogens with zero attached hydrogens (tertiary/aromatic N) is 1. The van der Waals surface area contributed by atoms with Crippen molar-refractivity contribution in [2.45, 2.75) is 24.5 Å². The summed E-state index contributed by atoms with van der Waals surface area (Å²) in [7, 11) is -4.57. The van der Waals surface area contributed by atoms with Crippen LogP contribution in [0.2, 0.25) is 0 Å². The monoisotopic (exact) mass is 448 g/mol. The number of aromatic hydroxyl groups is 1. The lowest BCUT2D eigenvalue weighted by Gasteiger charge is -2.18. The molecule has 0 bridgehead atoms. The zero-order chi connectivity index (χ0) is 22.2. The van der Waals surface area contributed by atoms with Gasteiger partial charge in [-0.25, -0.2) is 4.72 Å². The Bertz CT molecular complexity index is 1210. The summed E-state index contributed by atoms with van der Waals surface area (Å²) < 4.78 is 38.0. The number of phenolic OH excluding ortho intramolecular Hbond substituents is 1. The molecule has 2 aromatic carbocycles. The highest BCUT2D eigenvalue weighted by atomic mass is 32.2. The van der Waals surface area contributed by atoms with Gasteiger partial charge in [-0.3, -0.25) is 8.98 Å². The van der Waals surface area contributed by atoms with Crippen molar-refractivity contribution in [1.29, 1.82) is 0 Å². The minimum atomic E-state index is -4.57. The van der Waals surface area contributed by atoms with Crippen LogP contribution in [0.1, 0.15) is 16.6 Å². The molecule has 4 atom stereocenters. The van der Waals surface area contributed by atoms with Gasteiger partial charge in [0.15, 0.2) is 6.23 Å². The Morgan fingerprint density at radius 1 is 1.06 bits per heavy atom. The lowest BCUT2D eigenvalue weighted by molar-refractivity contribution is -0.0463. The van der Waals surface area contributed by atoms with E-state index in [1.165, 1.54) is 24.3 Å². The first-order valence-corrected chi connectivity index (χ1v) is 10.7. The number of phenols is 1. The number of hydrogen-bond acceptors (Lipinski definition) is 8.